The molecule has 25 heavy (non-hydrogen) atoms. The Balaban J connectivity index is 2.09. The van der Waals surface area contributed by atoms with Crippen molar-refractivity contribution in [2.24, 2.45) is 0 Å². The van der Waals surface area contributed by atoms with Crippen molar-refractivity contribution in [3.63, 3.8) is 0 Å². The van der Waals surface area contributed by atoms with Crippen LogP contribution in [0.4, 0.5) is 5.69 Å². The molecule has 2 aliphatic heterocycles. The predicted octanol–water partition coefficient (Wildman–Crippen LogP) is 3.26. The fourth-order valence-corrected chi connectivity index (χ4v) is 3.56. The number of amides is 2. The topological polar surface area (TPSA) is 58.6 Å². The second-order valence-corrected chi connectivity index (χ2v) is 6.47. The van der Waals surface area contributed by atoms with Crippen molar-refractivity contribution in [3.8, 4) is 0 Å². The Morgan fingerprint density at radius 3 is 2.68 bits per heavy atom. The summed E-state index contributed by atoms with van der Waals surface area (Å²) in [6.45, 7) is 1.61. The minimum absolute atomic E-state index is 0.121. The molecule has 0 fully saturated rings. The van der Waals surface area contributed by atoms with E-state index in [1.54, 1.807) is 25.1 Å². The van der Waals surface area contributed by atoms with Gasteiger partial charge in [0.2, 0.25) is 11.6 Å². The van der Waals surface area contributed by atoms with E-state index >= 15 is 0 Å². The van der Waals surface area contributed by atoms with Gasteiger partial charge >= 0.3 is 0 Å². The molecular formula is C19H15ClN2O3. The molecule has 6 heteroatoms. The molecule has 126 valence electrons. The van der Waals surface area contributed by atoms with Crippen LogP contribution in [0.15, 0.2) is 60.4 Å². The Kier molecular flexibility index (Phi) is 3.54. The maximum Gasteiger partial charge on any atom is 0.254 e. The maximum absolute atomic E-state index is 12.8. The van der Waals surface area contributed by atoms with Gasteiger partial charge in [0.25, 0.3) is 5.91 Å². The number of hydrogen-bond acceptors (Lipinski definition) is 3. The van der Waals surface area contributed by atoms with Crippen molar-refractivity contribution in [3.05, 3.63) is 76.5 Å². The smallest absolute Gasteiger partial charge is 0.254 e. The standard InChI is InChI=1S/C19H15ClN2O3/c1-12-9-18(24)22-11-17(23)21-16-8-7-14(20)10-15(16)19(22,25-12)13-5-3-2-4-6-13/h2-10H,11H2,1H3,(H,21,23). The first-order valence-electron chi connectivity index (χ1n) is 7.85. The third-order valence-electron chi connectivity index (χ3n) is 4.37. The van der Waals surface area contributed by atoms with Crippen LogP contribution in [0.3, 0.4) is 0 Å². The highest BCUT2D eigenvalue weighted by atomic mass is 35.5. The van der Waals surface area contributed by atoms with Crippen molar-refractivity contribution < 1.29 is 14.3 Å². The van der Waals surface area contributed by atoms with Gasteiger partial charge in [-0.1, -0.05) is 41.9 Å². The lowest BCUT2D eigenvalue weighted by Crippen LogP contribution is -2.54. The molecule has 2 heterocycles. The van der Waals surface area contributed by atoms with Crippen LogP contribution in [0.1, 0.15) is 18.1 Å². The predicted molar refractivity (Wildman–Crippen MR) is 93.9 cm³/mol. The summed E-state index contributed by atoms with van der Waals surface area (Å²) in [4.78, 5) is 26.6. The molecule has 5 nitrogen and oxygen atoms in total. The maximum atomic E-state index is 12.8. The molecule has 2 aromatic rings. The average Bonchev–Trinajstić information content (AvgIpc) is 2.71. The van der Waals surface area contributed by atoms with Gasteiger partial charge in [0, 0.05) is 22.2 Å². The molecule has 1 unspecified atom stereocenters. The lowest BCUT2D eigenvalue weighted by Gasteiger charge is -2.45. The van der Waals surface area contributed by atoms with Crippen LogP contribution in [0.5, 0.6) is 0 Å². The van der Waals surface area contributed by atoms with E-state index in [1.807, 2.05) is 30.3 Å². The normalized spacial score (nSPS) is 22.2. The monoisotopic (exact) mass is 354 g/mol. The number of carbonyl (C=O) groups is 2. The molecule has 4 rings (SSSR count). The van der Waals surface area contributed by atoms with Crippen LogP contribution in [-0.4, -0.2) is 23.3 Å². The number of hydrogen-bond donors (Lipinski definition) is 1. The minimum atomic E-state index is -1.25. The molecule has 0 radical (unpaired) electrons. The second kappa shape index (κ2) is 5.63. The van der Waals surface area contributed by atoms with Crippen LogP contribution in [-0.2, 0) is 20.1 Å². The van der Waals surface area contributed by atoms with Crippen LogP contribution in [0, 0.1) is 0 Å². The SMILES string of the molecule is CC1=CC(=O)N2CC(=O)Nc3ccc(Cl)cc3C2(c2ccccc2)O1. The first-order valence-corrected chi connectivity index (χ1v) is 8.23. The van der Waals surface area contributed by atoms with Crippen molar-refractivity contribution in [1.82, 2.24) is 4.90 Å². The van der Waals surface area contributed by atoms with Crippen LogP contribution >= 0.6 is 11.6 Å². The van der Waals surface area contributed by atoms with Gasteiger partial charge in [-0.25, -0.2) is 0 Å². The van der Waals surface area contributed by atoms with Crippen molar-refractivity contribution in [2.75, 3.05) is 11.9 Å². The number of halogens is 1. The third kappa shape index (κ3) is 2.39. The van der Waals surface area contributed by atoms with E-state index in [-0.39, 0.29) is 18.4 Å². The molecule has 0 bridgehead atoms. The quantitative estimate of drug-likeness (QED) is 0.855. The summed E-state index contributed by atoms with van der Waals surface area (Å²) in [5.74, 6) is -0.0905. The number of nitrogens with one attached hydrogen (secondary N) is 1. The van der Waals surface area contributed by atoms with E-state index in [1.165, 1.54) is 11.0 Å². The van der Waals surface area contributed by atoms with Crippen LogP contribution in [0.2, 0.25) is 5.02 Å². The molecule has 0 saturated carbocycles. The van der Waals surface area contributed by atoms with Gasteiger partial charge in [-0.15, -0.1) is 0 Å². The Morgan fingerprint density at radius 2 is 1.92 bits per heavy atom. The molecule has 1 N–H and O–H groups in total. The highest BCUT2D eigenvalue weighted by Gasteiger charge is 2.51. The van der Waals surface area contributed by atoms with E-state index in [9.17, 15) is 9.59 Å². The molecule has 2 aromatic carbocycles. The molecule has 2 aliphatic rings. The zero-order valence-corrected chi connectivity index (χ0v) is 14.2. The van der Waals surface area contributed by atoms with Crippen LogP contribution in [0.25, 0.3) is 0 Å². The zero-order chi connectivity index (χ0) is 17.6. The Labute approximate surface area is 149 Å². The molecule has 1 atom stereocenters. The number of ether oxygens (including phenoxy) is 1. The lowest BCUT2D eigenvalue weighted by atomic mass is 9.90. The molecule has 0 saturated heterocycles. The Hall–Kier alpha value is -2.79. The summed E-state index contributed by atoms with van der Waals surface area (Å²) in [7, 11) is 0. The number of rotatable bonds is 1. The van der Waals surface area contributed by atoms with E-state index in [0.717, 1.165) is 5.56 Å². The number of nitrogens with zero attached hydrogens (tertiary/aromatic N) is 1. The van der Waals surface area contributed by atoms with E-state index in [0.29, 0.717) is 22.0 Å². The minimum Gasteiger partial charge on any atom is -0.464 e. The van der Waals surface area contributed by atoms with Crippen molar-refractivity contribution in [1.29, 1.82) is 0 Å². The molecular weight excluding hydrogens is 340 g/mol. The first kappa shape index (κ1) is 15.7. The average molecular weight is 355 g/mol. The molecule has 2 amide bonds. The van der Waals surface area contributed by atoms with Crippen molar-refractivity contribution in [2.45, 2.75) is 12.6 Å². The number of anilines is 1. The molecule has 0 aliphatic carbocycles. The van der Waals surface area contributed by atoms with E-state index in [4.69, 9.17) is 16.3 Å². The molecule has 0 spiro atoms. The van der Waals surface area contributed by atoms with E-state index in [2.05, 4.69) is 5.32 Å². The summed E-state index contributed by atoms with van der Waals surface area (Å²) in [5, 5.41) is 3.34. The van der Waals surface area contributed by atoms with Gasteiger partial charge in [-0.2, -0.15) is 0 Å². The highest BCUT2D eigenvalue weighted by molar-refractivity contribution is 6.30. The lowest BCUT2D eigenvalue weighted by molar-refractivity contribution is -0.161. The summed E-state index contributed by atoms with van der Waals surface area (Å²) in [5.41, 5.74) is 0.688. The second-order valence-electron chi connectivity index (χ2n) is 6.03. The highest BCUT2D eigenvalue weighted by Crippen LogP contribution is 2.46. The van der Waals surface area contributed by atoms with Crippen LogP contribution < -0.4 is 5.32 Å². The van der Waals surface area contributed by atoms with Gasteiger partial charge in [0.05, 0.1) is 5.69 Å². The number of carbonyl (C=O) groups excluding carboxylic acids is 2. The van der Waals surface area contributed by atoms with E-state index < -0.39 is 5.72 Å². The fraction of sp³-hybridized carbons (Fsp3) is 0.158. The first-order chi connectivity index (χ1) is 12.0. The third-order valence-corrected chi connectivity index (χ3v) is 4.60. The number of fused-ring (bicyclic) bond motifs is 3. The zero-order valence-electron chi connectivity index (χ0n) is 13.5. The van der Waals surface area contributed by atoms with Gasteiger partial charge in [-0.3, -0.25) is 14.5 Å². The Morgan fingerprint density at radius 1 is 1.16 bits per heavy atom. The molecule has 0 aromatic heterocycles. The van der Waals surface area contributed by atoms with Gasteiger partial charge < -0.3 is 10.1 Å². The Bertz CT molecular complexity index is 910. The van der Waals surface area contributed by atoms with Crippen molar-refractivity contribution >= 4 is 29.1 Å². The summed E-state index contributed by atoms with van der Waals surface area (Å²) < 4.78 is 6.26. The van der Waals surface area contributed by atoms with Gasteiger partial charge in [-0.05, 0) is 25.1 Å². The number of allylic oxidation sites excluding steroid dienone is 1. The largest absolute Gasteiger partial charge is 0.464 e. The fourth-order valence-electron chi connectivity index (χ4n) is 3.39. The summed E-state index contributed by atoms with van der Waals surface area (Å²) in [6.07, 6.45) is 1.39. The number of benzene rings is 2. The van der Waals surface area contributed by atoms with Gasteiger partial charge in [0.1, 0.15) is 12.3 Å². The summed E-state index contributed by atoms with van der Waals surface area (Å²) in [6, 6.07) is 14.5. The summed E-state index contributed by atoms with van der Waals surface area (Å²) >= 11 is 6.23. The van der Waals surface area contributed by atoms with Gasteiger partial charge in [0.15, 0.2) is 0 Å².